The number of methoxy groups -OCH3 is 2. The van der Waals surface area contributed by atoms with Crippen molar-refractivity contribution in [3.05, 3.63) is 83.4 Å². The molecule has 0 unspecified atom stereocenters. The standard InChI is InChI=1S/C27H28N2O5S/c1-4-20-9-5-7-11-22(20)28-26(30)14-13-19-17-24(33-2)27(34-3)25(18-19)35(31,32)29-16-15-21-10-6-8-12-23(21)29/h5-14,17-18H,4,15-16H2,1-3H3,(H,28,30). The predicted molar refractivity (Wildman–Crippen MR) is 138 cm³/mol. The van der Waals surface area contributed by atoms with E-state index in [1.54, 1.807) is 18.2 Å². The topological polar surface area (TPSA) is 84.9 Å². The Kier molecular flexibility index (Phi) is 7.12. The van der Waals surface area contributed by atoms with Gasteiger partial charge in [0.05, 0.1) is 19.9 Å². The van der Waals surface area contributed by atoms with Gasteiger partial charge in [0.25, 0.3) is 10.0 Å². The maximum absolute atomic E-state index is 13.7. The maximum atomic E-state index is 13.7. The molecular formula is C27H28N2O5S. The van der Waals surface area contributed by atoms with E-state index in [4.69, 9.17) is 9.47 Å². The number of rotatable bonds is 8. The normalized spacial score (nSPS) is 13.1. The molecule has 0 atom stereocenters. The van der Waals surface area contributed by atoms with Crippen molar-refractivity contribution in [3.8, 4) is 11.5 Å². The summed E-state index contributed by atoms with van der Waals surface area (Å²) < 4.78 is 39.7. The number of fused-ring (bicyclic) bond motifs is 1. The fourth-order valence-electron chi connectivity index (χ4n) is 4.21. The molecule has 1 amide bonds. The van der Waals surface area contributed by atoms with Crippen molar-refractivity contribution in [1.29, 1.82) is 0 Å². The number of amides is 1. The Morgan fingerprint density at radius 2 is 1.80 bits per heavy atom. The molecule has 1 N–H and O–H groups in total. The summed E-state index contributed by atoms with van der Waals surface area (Å²) in [7, 11) is -1.10. The Labute approximate surface area is 206 Å². The lowest BCUT2D eigenvalue weighted by atomic mass is 10.1. The van der Waals surface area contributed by atoms with Gasteiger partial charge in [0.1, 0.15) is 4.90 Å². The Hall–Kier alpha value is -3.78. The number of benzene rings is 3. The summed E-state index contributed by atoms with van der Waals surface area (Å²) in [6.45, 7) is 2.36. The van der Waals surface area contributed by atoms with E-state index < -0.39 is 10.0 Å². The first-order valence-electron chi connectivity index (χ1n) is 11.3. The quantitative estimate of drug-likeness (QED) is 0.462. The van der Waals surface area contributed by atoms with E-state index in [-0.39, 0.29) is 22.3 Å². The average molecular weight is 493 g/mol. The lowest BCUT2D eigenvalue weighted by molar-refractivity contribution is -0.111. The summed E-state index contributed by atoms with van der Waals surface area (Å²) >= 11 is 0. The minimum Gasteiger partial charge on any atom is -0.493 e. The molecule has 3 aromatic carbocycles. The van der Waals surface area contributed by atoms with Crippen molar-refractivity contribution in [2.75, 3.05) is 30.4 Å². The van der Waals surface area contributed by atoms with E-state index in [9.17, 15) is 13.2 Å². The van der Waals surface area contributed by atoms with Gasteiger partial charge in [-0.25, -0.2) is 8.42 Å². The van der Waals surface area contributed by atoms with Crippen LogP contribution in [0.15, 0.2) is 71.6 Å². The van der Waals surface area contributed by atoms with Crippen LogP contribution in [-0.2, 0) is 27.7 Å². The molecule has 3 aromatic rings. The van der Waals surface area contributed by atoms with Crippen LogP contribution in [0, 0.1) is 0 Å². The van der Waals surface area contributed by atoms with Gasteiger partial charge in [0, 0.05) is 18.3 Å². The predicted octanol–water partition coefficient (Wildman–Crippen LogP) is 4.67. The second kappa shape index (κ2) is 10.2. The van der Waals surface area contributed by atoms with E-state index in [2.05, 4.69) is 5.32 Å². The summed E-state index contributed by atoms with van der Waals surface area (Å²) in [5, 5.41) is 2.88. The number of hydrogen-bond acceptors (Lipinski definition) is 5. The third-order valence-electron chi connectivity index (χ3n) is 5.96. The minimum absolute atomic E-state index is 0.0209. The zero-order chi connectivity index (χ0) is 25.0. The second-order valence-corrected chi connectivity index (χ2v) is 9.87. The fraction of sp³-hybridized carbons (Fsp3) is 0.222. The van der Waals surface area contributed by atoms with Gasteiger partial charge >= 0.3 is 0 Å². The number of aryl methyl sites for hydroxylation is 1. The number of nitrogens with zero attached hydrogens (tertiary/aromatic N) is 1. The summed E-state index contributed by atoms with van der Waals surface area (Å²) in [5.74, 6) is 0.0614. The zero-order valence-electron chi connectivity index (χ0n) is 19.9. The van der Waals surface area contributed by atoms with E-state index in [1.807, 2.05) is 49.4 Å². The van der Waals surface area contributed by atoms with Crippen molar-refractivity contribution in [3.63, 3.8) is 0 Å². The van der Waals surface area contributed by atoms with Crippen LogP contribution in [-0.4, -0.2) is 35.1 Å². The van der Waals surface area contributed by atoms with Gasteiger partial charge in [0.15, 0.2) is 11.5 Å². The molecule has 0 spiro atoms. The summed E-state index contributed by atoms with van der Waals surface area (Å²) in [4.78, 5) is 12.6. The molecule has 182 valence electrons. The number of sulfonamides is 1. The molecule has 8 heteroatoms. The molecule has 1 aliphatic heterocycles. The number of para-hydroxylation sites is 2. The van der Waals surface area contributed by atoms with Gasteiger partial charge in [0.2, 0.25) is 5.91 Å². The Bertz CT molecular complexity index is 1380. The first-order valence-corrected chi connectivity index (χ1v) is 12.8. The van der Waals surface area contributed by atoms with Gasteiger partial charge in [-0.3, -0.25) is 9.10 Å². The number of anilines is 2. The van der Waals surface area contributed by atoms with Gasteiger partial charge < -0.3 is 14.8 Å². The molecule has 1 aliphatic rings. The zero-order valence-corrected chi connectivity index (χ0v) is 20.8. The highest BCUT2D eigenvalue weighted by Gasteiger charge is 2.34. The van der Waals surface area contributed by atoms with Gasteiger partial charge in [-0.05, 0) is 59.9 Å². The third-order valence-corrected chi connectivity index (χ3v) is 7.78. The van der Waals surface area contributed by atoms with Crippen LogP contribution in [0.1, 0.15) is 23.6 Å². The van der Waals surface area contributed by atoms with E-state index >= 15 is 0 Å². The molecule has 0 aliphatic carbocycles. The van der Waals surface area contributed by atoms with Crippen LogP contribution in [0.25, 0.3) is 6.08 Å². The van der Waals surface area contributed by atoms with Gasteiger partial charge in [-0.1, -0.05) is 43.3 Å². The van der Waals surface area contributed by atoms with Crippen molar-refractivity contribution in [2.24, 2.45) is 0 Å². The van der Waals surface area contributed by atoms with Crippen LogP contribution in [0.5, 0.6) is 11.5 Å². The molecule has 35 heavy (non-hydrogen) atoms. The van der Waals surface area contributed by atoms with Crippen molar-refractivity contribution in [2.45, 2.75) is 24.7 Å². The van der Waals surface area contributed by atoms with Crippen molar-refractivity contribution >= 4 is 33.4 Å². The van der Waals surface area contributed by atoms with E-state index in [0.29, 0.717) is 24.2 Å². The summed E-state index contributed by atoms with van der Waals surface area (Å²) in [5.41, 5.74) is 3.89. The highest BCUT2D eigenvalue weighted by molar-refractivity contribution is 7.93. The molecule has 0 radical (unpaired) electrons. The molecule has 1 heterocycles. The van der Waals surface area contributed by atoms with Crippen LogP contribution >= 0.6 is 0 Å². The molecule has 4 rings (SSSR count). The smallest absolute Gasteiger partial charge is 0.268 e. The Morgan fingerprint density at radius 1 is 1.06 bits per heavy atom. The number of carbonyl (C=O) groups excluding carboxylic acids is 1. The molecular weight excluding hydrogens is 464 g/mol. The maximum Gasteiger partial charge on any atom is 0.268 e. The van der Waals surface area contributed by atoms with E-state index in [0.717, 1.165) is 23.2 Å². The number of ether oxygens (including phenoxy) is 2. The fourth-order valence-corrected chi connectivity index (χ4v) is 5.92. The van der Waals surface area contributed by atoms with Crippen molar-refractivity contribution in [1.82, 2.24) is 0 Å². The largest absolute Gasteiger partial charge is 0.493 e. The minimum atomic E-state index is -3.95. The SMILES string of the molecule is CCc1ccccc1NC(=O)C=Cc1cc(OC)c(OC)c(S(=O)(=O)N2CCc3ccccc32)c1. The lowest BCUT2D eigenvalue weighted by Crippen LogP contribution is -2.29. The van der Waals surface area contributed by atoms with Gasteiger partial charge in [-0.2, -0.15) is 0 Å². The highest BCUT2D eigenvalue weighted by Crippen LogP contribution is 2.40. The molecule has 0 aromatic heterocycles. The first kappa shape index (κ1) is 24.3. The molecule has 0 saturated carbocycles. The van der Waals surface area contributed by atoms with Crippen molar-refractivity contribution < 1.29 is 22.7 Å². The molecule has 0 bridgehead atoms. The second-order valence-electron chi connectivity index (χ2n) is 8.04. The van der Waals surface area contributed by atoms with Crippen LogP contribution in [0.4, 0.5) is 11.4 Å². The van der Waals surface area contributed by atoms with Crippen LogP contribution in [0.3, 0.4) is 0 Å². The third kappa shape index (κ3) is 4.88. The molecule has 0 saturated heterocycles. The Balaban J connectivity index is 1.68. The average Bonchev–Trinajstić information content (AvgIpc) is 3.32. The molecule has 7 nitrogen and oxygen atoms in total. The Morgan fingerprint density at radius 3 is 2.54 bits per heavy atom. The number of carbonyl (C=O) groups is 1. The monoisotopic (exact) mass is 492 g/mol. The lowest BCUT2D eigenvalue weighted by Gasteiger charge is -2.22. The first-order chi connectivity index (χ1) is 16.9. The van der Waals surface area contributed by atoms with Crippen LogP contribution < -0.4 is 19.1 Å². The highest BCUT2D eigenvalue weighted by atomic mass is 32.2. The molecule has 0 fully saturated rings. The summed E-state index contributed by atoms with van der Waals surface area (Å²) in [6, 6.07) is 18.2. The number of nitrogens with one attached hydrogen (secondary N) is 1. The van der Waals surface area contributed by atoms with Crippen LogP contribution in [0.2, 0.25) is 0 Å². The van der Waals surface area contributed by atoms with E-state index in [1.165, 1.54) is 30.7 Å². The number of hydrogen-bond donors (Lipinski definition) is 1. The van der Waals surface area contributed by atoms with Gasteiger partial charge in [-0.15, -0.1) is 0 Å². The summed E-state index contributed by atoms with van der Waals surface area (Å²) in [6.07, 6.45) is 4.35.